The van der Waals surface area contributed by atoms with E-state index in [0.29, 0.717) is 17.9 Å². The first-order chi connectivity index (χ1) is 12.3. The highest BCUT2D eigenvalue weighted by Crippen LogP contribution is 2.40. The number of nitrogens with zero attached hydrogens (tertiary/aromatic N) is 6. The van der Waals surface area contributed by atoms with Crippen molar-refractivity contribution in [3.8, 4) is 0 Å². The Hall–Kier alpha value is -3.03. The van der Waals surface area contributed by atoms with E-state index in [1.807, 2.05) is 12.3 Å². The third kappa shape index (κ3) is 2.33. The maximum Gasteiger partial charge on any atom is 0.179 e. The standard InChI is InChI=1S/C17H18N8/c1-10-6-11(22-14-8-18-4-5-19-14)7-12(10)17-24-23-15-9-21-16-13(25(15)17)2-3-20-16/h2-5,8-12,20H,6-7H2,1H3,(H,19,22)/t10-,11+,12+/m1/s1. The van der Waals surface area contributed by atoms with E-state index < -0.39 is 0 Å². The summed E-state index contributed by atoms with van der Waals surface area (Å²) >= 11 is 0. The second-order valence-corrected chi connectivity index (χ2v) is 6.71. The van der Waals surface area contributed by atoms with E-state index >= 15 is 0 Å². The van der Waals surface area contributed by atoms with Crippen LogP contribution in [0.5, 0.6) is 0 Å². The van der Waals surface area contributed by atoms with Gasteiger partial charge < -0.3 is 10.3 Å². The van der Waals surface area contributed by atoms with E-state index in [2.05, 4.69) is 46.8 Å². The predicted molar refractivity (Wildman–Crippen MR) is 93.2 cm³/mol. The van der Waals surface area contributed by atoms with E-state index in [1.54, 1.807) is 24.8 Å². The van der Waals surface area contributed by atoms with Gasteiger partial charge in [-0.3, -0.25) is 9.38 Å². The Labute approximate surface area is 143 Å². The number of hydrogen-bond acceptors (Lipinski definition) is 6. The summed E-state index contributed by atoms with van der Waals surface area (Å²) in [7, 11) is 0. The first kappa shape index (κ1) is 14.3. The first-order valence-electron chi connectivity index (χ1n) is 8.49. The fraction of sp³-hybridized carbons (Fsp3) is 0.353. The van der Waals surface area contributed by atoms with Gasteiger partial charge in [0.25, 0.3) is 0 Å². The molecule has 1 aliphatic carbocycles. The number of rotatable bonds is 3. The van der Waals surface area contributed by atoms with Crippen LogP contribution in [0.15, 0.2) is 37.1 Å². The molecular weight excluding hydrogens is 316 g/mol. The minimum Gasteiger partial charge on any atom is -0.366 e. The van der Waals surface area contributed by atoms with Crippen LogP contribution in [0, 0.1) is 5.92 Å². The molecule has 126 valence electrons. The maximum atomic E-state index is 4.50. The molecule has 0 spiro atoms. The normalized spacial score (nSPS) is 23.5. The molecule has 0 aromatic carbocycles. The number of hydrogen-bond donors (Lipinski definition) is 2. The SMILES string of the molecule is C[C@@H]1C[C@H](Nc2cnccn2)C[C@@H]1c1nnc2cnc3[nH]ccc3n12. The zero-order chi connectivity index (χ0) is 16.8. The lowest BCUT2D eigenvalue weighted by Gasteiger charge is -2.13. The van der Waals surface area contributed by atoms with Crippen molar-refractivity contribution in [1.82, 2.24) is 34.5 Å². The van der Waals surface area contributed by atoms with E-state index in [-0.39, 0.29) is 0 Å². The summed E-state index contributed by atoms with van der Waals surface area (Å²) in [6, 6.07) is 2.38. The lowest BCUT2D eigenvalue weighted by Crippen LogP contribution is -2.16. The molecular formula is C17H18N8. The Morgan fingerprint density at radius 1 is 1.16 bits per heavy atom. The summed E-state index contributed by atoms with van der Waals surface area (Å²) in [6.07, 6.45) is 10.9. The third-order valence-electron chi connectivity index (χ3n) is 5.10. The minimum absolute atomic E-state index is 0.338. The van der Waals surface area contributed by atoms with Gasteiger partial charge in [0.15, 0.2) is 11.3 Å². The van der Waals surface area contributed by atoms with Crippen molar-refractivity contribution in [2.24, 2.45) is 5.92 Å². The minimum atomic E-state index is 0.338. The van der Waals surface area contributed by atoms with Crippen molar-refractivity contribution < 1.29 is 0 Å². The molecule has 0 amide bonds. The van der Waals surface area contributed by atoms with Crippen LogP contribution in [0.2, 0.25) is 0 Å². The monoisotopic (exact) mass is 334 g/mol. The van der Waals surface area contributed by atoms with Crippen LogP contribution in [0.25, 0.3) is 16.8 Å². The van der Waals surface area contributed by atoms with Gasteiger partial charge in [0.2, 0.25) is 0 Å². The highest BCUT2D eigenvalue weighted by atomic mass is 15.3. The molecule has 25 heavy (non-hydrogen) atoms. The summed E-state index contributed by atoms with van der Waals surface area (Å²) in [6.45, 7) is 2.28. The van der Waals surface area contributed by atoms with E-state index in [4.69, 9.17) is 0 Å². The molecule has 0 aliphatic heterocycles. The van der Waals surface area contributed by atoms with Gasteiger partial charge in [-0.25, -0.2) is 9.97 Å². The number of aromatic amines is 1. The lowest BCUT2D eigenvalue weighted by molar-refractivity contribution is 0.507. The summed E-state index contributed by atoms with van der Waals surface area (Å²) in [5.74, 6) is 2.68. The maximum absolute atomic E-state index is 4.50. The molecule has 4 aromatic heterocycles. The molecule has 0 bridgehead atoms. The summed E-state index contributed by atoms with van der Waals surface area (Å²) in [5, 5.41) is 12.3. The van der Waals surface area contributed by atoms with E-state index in [9.17, 15) is 0 Å². The van der Waals surface area contributed by atoms with Gasteiger partial charge in [-0.05, 0) is 24.8 Å². The van der Waals surface area contributed by atoms with Crippen LogP contribution in [0.4, 0.5) is 5.82 Å². The van der Waals surface area contributed by atoms with Crippen LogP contribution in [0.3, 0.4) is 0 Å². The predicted octanol–water partition coefficient (Wildman–Crippen LogP) is 2.39. The average molecular weight is 334 g/mol. The van der Waals surface area contributed by atoms with Crippen LogP contribution in [-0.2, 0) is 0 Å². The fourth-order valence-corrected chi connectivity index (χ4v) is 3.95. The zero-order valence-electron chi connectivity index (χ0n) is 13.8. The van der Waals surface area contributed by atoms with Gasteiger partial charge in [0.05, 0.1) is 17.9 Å². The molecule has 8 nitrogen and oxygen atoms in total. The van der Waals surface area contributed by atoms with Crippen LogP contribution >= 0.6 is 0 Å². The van der Waals surface area contributed by atoms with Gasteiger partial charge in [-0.2, -0.15) is 0 Å². The molecule has 0 unspecified atom stereocenters. The van der Waals surface area contributed by atoms with Crippen molar-refractivity contribution in [1.29, 1.82) is 0 Å². The molecule has 1 saturated carbocycles. The molecule has 5 rings (SSSR count). The van der Waals surface area contributed by atoms with Crippen molar-refractivity contribution in [2.75, 3.05) is 5.32 Å². The molecule has 4 aromatic rings. The summed E-state index contributed by atoms with van der Waals surface area (Å²) in [5.41, 5.74) is 2.67. The van der Waals surface area contributed by atoms with Gasteiger partial charge in [0, 0.05) is 30.6 Å². The molecule has 2 N–H and O–H groups in total. The van der Waals surface area contributed by atoms with E-state index in [0.717, 1.165) is 41.3 Å². The molecule has 1 aliphatic rings. The fourth-order valence-electron chi connectivity index (χ4n) is 3.95. The first-order valence-corrected chi connectivity index (χ1v) is 8.49. The topological polar surface area (TPSA) is 96.7 Å². The van der Waals surface area contributed by atoms with Crippen LogP contribution in [0.1, 0.15) is 31.5 Å². The molecule has 0 radical (unpaired) electrons. The number of fused-ring (bicyclic) bond motifs is 3. The number of aromatic nitrogens is 7. The van der Waals surface area contributed by atoms with Crippen molar-refractivity contribution in [3.63, 3.8) is 0 Å². The second kappa shape index (κ2) is 5.51. The largest absolute Gasteiger partial charge is 0.366 e. The molecule has 4 heterocycles. The summed E-state index contributed by atoms with van der Waals surface area (Å²) in [4.78, 5) is 16.0. The Kier molecular flexibility index (Phi) is 3.16. The van der Waals surface area contributed by atoms with Gasteiger partial charge in [-0.1, -0.05) is 6.92 Å². The van der Waals surface area contributed by atoms with Gasteiger partial charge in [0.1, 0.15) is 11.6 Å². The third-order valence-corrected chi connectivity index (χ3v) is 5.10. The van der Waals surface area contributed by atoms with Gasteiger partial charge in [-0.15, -0.1) is 10.2 Å². The Morgan fingerprint density at radius 2 is 2.12 bits per heavy atom. The van der Waals surface area contributed by atoms with E-state index in [1.165, 1.54) is 0 Å². The van der Waals surface area contributed by atoms with Crippen LogP contribution in [-0.4, -0.2) is 40.6 Å². The highest BCUT2D eigenvalue weighted by molar-refractivity contribution is 5.74. The number of nitrogens with one attached hydrogen (secondary N) is 2. The smallest absolute Gasteiger partial charge is 0.179 e. The second-order valence-electron chi connectivity index (χ2n) is 6.71. The van der Waals surface area contributed by atoms with Gasteiger partial charge >= 0.3 is 0 Å². The Bertz CT molecular complexity index is 1020. The molecule has 1 fully saturated rings. The Balaban J connectivity index is 1.49. The van der Waals surface area contributed by atoms with Crippen molar-refractivity contribution >= 4 is 22.6 Å². The number of anilines is 1. The summed E-state index contributed by atoms with van der Waals surface area (Å²) < 4.78 is 2.13. The molecule has 3 atom stereocenters. The van der Waals surface area contributed by atoms with Crippen LogP contribution < -0.4 is 5.32 Å². The highest BCUT2D eigenvalue weighted by Gasteiger charge is 2.35. The average Bonchev–Trinajstić information content (AvgIpc) is 3.32. The molecule has 0 saturated heterocycles. The zero-order valence-corrected chi connectivity index (χ0v) is 13.8. The lowest BCUT2D eigenvalue weighted by atomic mass is 9.97. The number of H-pyrrole nitrogens is 1. The Morgan fingerprint density at radius 3 is 3.00 bits per heavy atom. The van der Waals surface area contributed by atoms with Crippen molar-refractivity contribution in [3.05, 3.63) is 42.9 Å². The van der Waals surface area contributed by atoms with Crippen molar-refractivity contribution in [2.45, 2.75) is 31.7 Å². The molecule has 8 heteroatoms. The quantitative estimate of drug-likeness (QED) is 0.597.